The van der Waals surface area contributed by atoms with Gasteiger partial charge in [-0.05, 0) is 43.9 Å². The molecule has 2 rings (SSSR count). The standard InChI is InChI=1S/C19H28N2O4/c1-4-24-17-10-9-15(11-18(17)23-3)12-20-25-13-19(22)21-16-8-6-5-7-14(16)2/h9-12,14,16H,4-8,13H2,1-3H3,(H,21,22)/b20-12-/t14-,16+/m1/s1. The van der Waals surface area contributed by atoms with Crippen molar-refractivity contribution in [1.82, 2.24) is 5.32 Å². The third kappa shape index (κ3) is 5.96. The SMILES string of the molecule is CCOc1ccc(/C=N\OCC(=O)N[C@H]2CCCC[C@H]2C)cc1OC. The number of nitrogens with one attached hydrogen (secondary N) is 1. The minimum Gasteiger partial charge on any atom is -0.493 e. The van der Waals surface area contributed by atoms with Gasteiger partial charge in [0.25, 0.3) is 5.91 Å². The van der Waals surface area contributed by atoms with Gasteiger partial charge in [-0.1, -0.05) is 24.9 Å². The molecule has 0 bridgehead atoms. The summed E-state index contributed by atoms with van der Waals surface area (Å²) in [6.45, 7) is 4.60. The number of oxime groups is 1. The van der Waals surface area contributed by atoms with Gasteiger partial charge in [0.1, 0.15) is 0 Å². The van der Waals surface area contributed by atoms with E-state index in [9.17, 15) is 4.79 Å². The lowest BCUT2D eigenvalue weighted by Crippen LogP contribution is -2.42. The Morgan fingerprint density at radius 3 is 2.84 bits per heavy atom. The number of ether oxygens (including phenoxy) is 2. The van der Waals surface area contributed by atoms with Crippen LogP contribution in [-0.4, -0.2) is 38.5 Å². The summed E-state index contributed by atoms with van der Waals surface area (Å²) in [4.78, 5) is 17.1. The Hall–Kier alpha value is -2.24. The summed E-state index contributed by atoms with van der Waals surface area (Å²) in [6, 6.07) is 5.73. The number of nitrogens with zero attached hydrogens (tertiary/aromatic N) is 1. The lowest BCUT2D eigenvalue weighted by molar-refractivity contribution is -0.126. The molecule has 0 spiro atoms. The minimum atomic E-state index is -0.125. The molecule has 0 unspecified atom stereocenters. The average molecular weight is 348 g/mol. The maximum Gasteiger partial charge on any atom is 0.261 e. The molecule has 1 aromatic carbocycles. The van der Waals surface area contributed by atoms with Crippen LogP contribution in [0.1, 0.15) is 45.1 Å². The zero-order valence-corrected chi connectivity index (χ0v) is 15.3. The largest absolute Gasteiger partial charge is 0.493 e. The van der Waals surface area contributed by atoms with Crippen LogP contribution < -0.4 is 14.8 Å². The van der Waals surface area contributed by atoms with E-state index in [2.05, 4.69) is 17.4 Å². The Bertz CT molecular complexity index is 589. The molecule has 1 fully saturated rings. The lowest BCUT2D eigenvalue weighted by atomic mass is 9.86. The van der Waals surface area contributed by atoms with Crippen molar-refractivity contribution < 1.29 is 19.1 Å². The molecule has 1 aromatic rings. The zero-order valence-electron chi connectivity index (χ0n) is 15.3. The van der Waals surface area contributed by atoms with E-state index in [1.807, 2.05) is 25.1 Å². The molecule has 1 aliphatic carbocycles. The highest BCUT2D eigenvalue weighted by atomic mass is 16.6. The predicted molar refractivity (Wildman–Crippen MR) is 97.3 cm³/mol. The number of methoxy groups -OCH3 is 1. The quantitative estimate of drug-likeness (QED) is 0.579. The minimum absolute atomic E-state index is 0.0755. The van der Waals surface area contributed by atoms with E-state index in [0.29, 0.717) is 24.0 Å². The highest BCUT2D eigenvalue weighted by Crippen LogP contribution is 2.27. The molecule has 6 nitrogen and oxygen atoms in total. The second kappa shape index (κ2) is 9.91. The fourth-order valence-electron chi connectivity index (χ4n) is 3.01. The fourth-order valence-corrected chi connectivity index (χ4v) is 3.01. The molecule has 0 heterocycles. The van der Waals surface area contributed by atoms with Gasteiger partial charge in [-0.15, -0.1) is 0 Å². The number of carbonyl (C=O) groups excluding carboxylic acids is 1. The van der Waals surface area contributed by atoms with Crippen LogP contribution in [0.25, 0.3) is 0 Å². The van der Waals surface area contributed by atoms with Gasteiger partial charge in [0.2, 0.25) is 0 Å². The van der Waals surface area contributed by atoms with Crippen molar-refractivity contribution >= 4 is 12.1 Å². The van der Waals surface area contributed by atoms with E-state index < -0.39 is 0 Å². The van der Waals surface area contributed by atoms with Crippen LogP contribution in [0.15, 0.2) is 23.4 Å². The lowest BCUT2D eigenvalue weighted by Gasteiger charge is -2.29. The normalized spacial score (nSPS) is 20.3. The van der Waals surface area contributed by atoms with Gasteiger partial charge in [-0.2, -0.15) is 0 Å². The van der Waals surface area contributed by atoms with Crippen molar-refractivity contribution in [3.8, 4) is 11.5 Å². The van der Waals surface area contributed by atoms with Gasteiger partial charge < -0.3 is 19.6 Å². The van der Waals surface area contributed by atoms with Crippen LogP contribution in [0.5, 0.6) is 11.5 Å². The zero-order chi connectivity index (χ0) is 18.1. The molecule has 25 heavy (non-hydrogen) atoms. The molecule has 2 atom stereocenters. The number of benzene rings is 1. The van der Waals surface area contributed by atoms with Crippen LogP contribution in [0.3, 0.4) is 0 Å². The molecule has 0 aromatic heterocycles. The summed E-state index contributed by atoms with van der Waals surface area (Å²) in [6.07, 6.45) is 6.19. The Balaban J connectivity index is 1.79. The van der Waals surface area contributed by atoms with E-state index in [0.717, 1.165) is 12.0 Å². The van der Waals surface area contributed by atoms with Crippen LogP contribution >= 0.6 is 0 Å². The summed E-state index contributed by atoms with van der Waals surface area (Å²) >= 11 is 0. The third-order valence-electron chi connectivity index (χ3n) is 4.42. The van der Waals surface area contributed by atoms with Crippen molar-refractivity contribution in [2.75, 3.05) is 20.3 Å². The second-order valence-corrected chi connectivity index (χ2v) is 6.29. The smallest absolute Gasteiger partial charge is 0.261 e. The van der Waals surface area contributed by atoms with Crippen LogP contribution in [0.2, 0.25) is 0 Å². The monoisotopic (exact) mass is 348 g/mol. The first-order valence-corrected chi connectivity index (χ1v) is 8.89. The summed E-state index contributed by atoms with van der Waals surface area (Å²) in [5.74, 6) is 1.72. The number of hydrogen-bond acceptors (Lipinski definition) is 5. The molecule has 1 amide bonds. The molecule has 1 aliphatic rings. The van der Waals surface area contributed by atoms with E-state index in [4.69, 9.17) is 14.3 Å². The van der Waals surface area contributed by atoms with Crippen LogP contribution in [0, 0.1) is 5.92 Å². The van der Waals surface area contributed by atoms with Gasteiger partial charge in [-0.25, -0.2) is 0 Å². The Kier molecular flexibility index (Phi) is 7.57. The number of carbonyl (C=O) groups is 1. The van der Waals surface area contributed by atoms with Crippen molar-refractivity contribution in [1.29, 1.82) is 0 Å². The van der Waals surface area contributed by atoms with E-state index in [-0.39, 0.29) is 18.6 Å². The number of hydrogen-bond donors (Lipinski definition) is 1. The summed E-state index contributed by atoms with van der Waals surface area (Å²) in [7, 11) is 1.59. The average Bonchev–Trinajstić information content (AvgIpc) is 2.62. The predicted octanol–water partition coefficient (Wildman–Crippen LogP) is 3.14. The highest BCUT2D eigenvalue weighted by molar-refractivity contribution is 5.81. The molecular formula is C19H28N2O4. The fraction of sp³-hybridized carbons (Fsp3) is 0.579. The molecule has 0 aliphatic heterocycles. The highest BCUT2D eigenvalue weighted by Gasteiger charge is 2.22. The van der Waals surface area contributed by atoms with Gasteiger partial charge in [0.15, 0.2) is 18.1 Å². The Labute approximate surface area is 149 Å². The van der Waals surface area contributed by atoms with Crippen molar-refractivity contribution in [3.05, 3.63) is 23.8 Å². The molecular weight excluding hydrogens is 320 g/mol. The van der Waals surface area contributed by atoms with Crippen molar-refractivity contribution in [3.63, 3.8) is 0 Å². The van der Waals surface area contributed by atoms with Crippen LogP contribution in [0.4, 0.5) is 0 Å². The number of amides is 1. The van der Waals surface area contributed by atoms with Gasteiger partial charge >= 0.3 is 0 Å². The van der Waals surface area contributed by atoms with E-state index in [1.54, 1.807) is 13.3 Å². The Morgan fingerprint density at radius 1 is 1.32 bits per heavy atom. The van der Waals surface area contributed by atoms with Crippen LogP contribution in [-0.2, 0) is 9.63 Å². The number of rotatable bonds is 8. The van der Waals surface area contributed by atoms with Crippen molar-refractivity contribution in [2.24, 2.45) is 11.1 Å². The molecule has 1 N–H and O–H groups in total. The molecule has 138 valence electrons. The first-order chi connectivity index (χ1) is 12.1. The molecule has 0 radical (unpaired) electrons. The first-order valence-electron chi connectivity index (χ1n) is 8.89. The summed E-state index contributed by atoms with van der Waals surface area (Å²) in [5.41, 5.74) is 0.807. The Morgan fingerprint density at radius 2 is 2.12 bits per heavy atom. The van der Waals surface area contributed by atoms with Gasteiger partial charge in [-0.3, -0.25) is 4.79 Å². The first kappa shape index (κ1) is 19.1. The van der Waals surface area contributed by atoms with E-state index >= 15 is 0 Å². The van der Waals surface area contributed by atoms with Gasteiger partial charge in [0, 0.05) is 11.6 Å². The van der Waals surface area contributed by atoms with Gasteiger partial charge in [0.05, 0.1) is 19.9 Å². The molecule has 0 saturated heterocycles. The topological polar surface area (TPSA) is 69.2 Å². The summed E-state index contributed by atoms with van der Waals surface area (Å²) in [5, 5.41) is 6.90. The van der Waals surface area contributed by atoms with Crippen molar-refractivity contribution in [2.45, 2.75) is 45.6 Å². The third-order valence-corrected chi connectivity index (χ3v) is 4.42. The molecule has 1 saturated carbocycles. The second-order valence-electron chi connectivity index (χ2n) is 6.29. The molecule has 6 heteroatoms. The maximum absolute atomic E-state index is 11.9. The maximum atomic E-state index is 11.9. The summed E-state index contributed by atoms with van der Waals surface area (Å²) < 4.78 is 10.8. The van der Waals surface area contributed by atoms with E-state index in [1.165, 1.54) is 19.3 Å².